The molecule has 0 unspecified atom stereocenters. The average Bonchev–Trinajstić information content (AvgIpc) is 4.05. The second-order valence-corrected chi connectivity index (χ2v) is 17.8. The molecule has 0 atom stereocenters. The van der Waals surface area contributed by atoms with Crippen LogP contribution in [0.4, 0.5) is 5.69 Å². The fraction of sp³-hybridized carbons (Fsp3) is 0.294. The van der Waals surface area contributed by atoms with Gasteiger partial charge in [0.05, 0.1) is 69.5 Å². The number of aryl methyl sites for hydroxylation is 2. The number of ether oxygens (including phenoxy) is 1. The van der Waals surface area contributed by atoms with Crippen molar-refractivity contribution in [2.75, 3.05) is 45.6 Å². The van der Waals surface area contributed by atoms with Gasteiger partial charge in [0.15, 0.2) is 0 Å². The summed E-state index contributed by atoms with van der Waals surface area (Å²) in [5.41, 5.74) is 7.79. The van der Waals surface area contributed by atoms with Crippen molar-refractivity contribution >= 4 is 5.69 Å². The van der Waals surface area contributed by atoms with Crippen LogP contribution in [0.2, 0.25) is 0 Å². The van der Waals surface area contributed by atoms with Gasteiger partial charge in [0.2, 0.25) is 11.8 Å². The molecule has 1 aliphatic heterocycles. The normalized spacial score (nSPS) is 12.6. The number of pyridine rings is 2. The maximum absolute atomic E-state index is 9.46. The summed E-state index contributed by atoms with van der Waals surface area (Å²) in [7, 11) is 4.09. The molecule has 0 radical (unpaired) electrons. The predicted octanol–water partition coefficient (Wildman–Crippen LogP) is 8.79. The summed E-state index contributed by atoms with van der Waals surface area (Å²) < 4.78 is 17.8. The molecule has 1 aliphatic rings. The molecule has 2 N–H and O–H groups in total. The Morgan fingerprint density at radius 3 is 1.57 bits per heavy atom. The van der Waals surface area contributed by atoms with E-state index in [1.807, 2.05) is 128 Å². The number of benzene rings is 2. The largest absolute Gasteiger partial charge is 0.488 e. The highest BCUT2D eigenvalue weighted by Crippen LogP contribution is 2.31. The maximum atomic E-state index is 9.46. The average molecular weight is 928 g/mol. The Balaban J connectivity index is 0.000000257. The number of rotatable bonds is 14. The van der Waals surface area contributed by atoms with Crippen LogP contribution in [0.15, 0.2) is 106 Å². The Morgan fingerprint density at radius 1 is 0.667 bits per heavy atom. The molecule has 0 bridgehead atoms. The van der Waals surface area contributed by atoms with Crippen molar-refractivity contribution in [3.63, 3.8) is 0 Å². The number of nitrogens with zero attached hydrogens (tertiary/aromatic N) is 13. The molecule has 8 aromatic rings. The molecule has 0 spiro atoms. The van der Waals surface area contributed by atoms with Crippen molar-refractivity contribution in [1.29, 1.82) is 10.5 Å². The second-order valence-electron chi connectivity index (χ2n) is 17.8. The molecule has 1 saturated heterocycles. The Kier molecular flexibility index (Phi) is 13.9. The molecular formula is C51H57N15O3. The van der Waals surface area contributed by atoms with E-state index in [0.717, 1.165) is 59.9 Å². The SMILES string of the molecule is Cc1ncc(-c2ccnc(C(C)(C)C#N)c2)nc1-c1nnc(-c2ccc(NCCN(C)C)cc2)o1.Cc1ncc(-c2ccnc(C(C)(C)C#N)c2)nc1-c1nnc(-c2ccc(OC3CNC3)cc2)o1.[HH].[HH].[HH]. The number of aromatic nitrogens is 10. The molecule has 7 heterocycles. The van der Waals surface area contributed by atoms with Gasteiger partial charge in [-0.25, -0.2) is 9.97 Å². The zero-order valence-corrected chi connectivity index (χ0v) is 39.7. The molecule has 0 amide bonds. The van der Waals surface area contributed by atoms with Gasteiger partial charge in [-0.3, -0.25) is 19.9 Å². The number of nitrogens with one attached hydrogen (secondary N) is 2. The molecule has 354 valence electrons. The van der Waals surface area contributed by atoms with Crippen molar-refractivity contribution in [2.24, 2.45) is 0 Å². The summed E-state index contributed by atoms with van der Waals surface area (Å²) in [6, 6.07) is 27.4. The molecule has 2 aromatic carbocycles. The van der Waals surface area contributed by atoms with Crippen molar-refractivity contribution < 1.29 is 17.9 Å². The standard InChI is InChI=1S/C26H28N8O.C25H23N7O2.3H2/c1-17-23(31-21(15-30-17)19-10-11-29-22(14-19)26(2,3)16-27)25-33-32-24(35-25)18-6-8-20(9-7-18)28-12-13-34(4)5;1-15-22(30-20(13-29-15)17-8-9-28-21(10-17)25(2,3)14-26)24-32-31-23(34-24)16-4-6-18(7-5-16)33-19-11-27-12-19;;;/h6-11,14-15,28H,12-13H2,1-5H3;4-10,13,19,27H,11-12H2,1-3H3;3*1H. The fourth-order valence-corrected chi connectivity index (χ4v) is 6.80. The summed E-state index contributed by atoms with van der Waals surface area (Å²) in [5, 5.41) is 42.3. The predicted molar refractivity (Wildman–Crippen MR) is 265 cm³/mol. The second kappa shape index (κ2) is 20.3. The minimum absolute atomic E-state index is 0. The van der Waals surface area contributed by atoms with E-state index in [1.54, 1.807) is 24.8 Å². The van der Waals surface area contributed by atoms with Crippen LogP contribution in [-0.4, -0.2) is 102 Å². The minimum Gasteiger partial charge on any atom is -0.488 e. The van der Waals surface area contributed by atoms with E-state index in [2.05, 4.69) is 68.0 Å². The summed E-state index contributed by atoms with van der Waals surface area (Å²) in [6.07, 6.45) is 6.94. The third-order valence-corrected chi connectivity index (χ3v) is 11.3. The Hall–Kier alpha value is -8.32. The molecule has 1 fully saturated rings. The summed E-state index contributed by atoms with van der Waals surface area (Å²) >= 11 is 0. The number of anilines is 1. The molecule has 18 heteroatoms. The van der Waals surface area contributed by atoms with Gasteiger partial charge < -0.3 is 29.1 Å². The van der Waals surface area contributed by atoms with E-state index in [0.29, 0.717) is 63.2 Å². The maximum Gasteiger partial charge on any atom is 0.268 e. The topological polar surface area (TPSA) is 239 Å². The van der Waals surface area contributed by atoms with Gasteiger partial charge in [0.1, 0.15) is 23.2 Å². The Morgan fingerprint density at radius 2 is 1.13 bits per heavy atom. The first-order valence-corrected chi connectivity index (χ1v) is 22.3. The molecule has 9 rings (SSSR count). The van der Waals surface area contributed by atoms with E-state index >= 15 is 0 Å². The number of likely N-dealkylation sites (N-methyl/N-ethyl adjacent to an activating group) is 1. The third-order valence-electron chi connectivity index (χ3n) is 11.3. The van der Waals surface area contributed by atoms with Gasteiger partial charge in [-0.1, -0.05) is 0 Å². The highest BCUT2D eigenvalue weighted by Gasteiger charge is 2.25. The number of hydrogen-bond acceptors (Lipinski definition) is 18. The van der Waals surface area contributed by atoms with Crippen LogP contribution in [0.3, 0.4) is 0 Å². The fourth-order valence-electron chi connectivity index (χ4n) is 6.80. The van der Waals surface area contributed by atoms with Gasteiger partial charge in [-0.05, 0) is 128 Å². The van der Waals surface area contributed by atoms with E-state index in [-0.39, 0.29) is 16.3 Å². The van der Waals surface area contributed by atoms with Crippen molar-refractivity contribution in [3.8, 4) is 86.5 Å². The number of hydrogen-bond donors (Lipinski definition) is 2. The van der Waals surface area contributed by atoms with E-state index in [1.165, 1.54) is 0 Å². The molecule has 6 aromatic heterocycles. The molecule has 0 aliphatic carbocycles. The van der Waals surface area contributed by atoms with Crippen LogP contribution in [0.5, 0.6) is 5.75 Å². The third kappa shape index (κ3) is 11.1. The van der Waals surface area contributed by atoms with E-state index in [9.17, 15) is 10.5 Å². The zero-order chi connectivity index (χ0) is 48.7. The molecule has 69 heavy (non-hydrogen) atoms. The highest BCUT2D eigenvalue weighted by molar-refractivity contribution is 5.66. The van der Waals surface area contributed by atoms with Crippen LogP contribution in [0.25, 0.3) is 68.6 Å². The molecule has 0 saturated carbocycles. The van der Waals surface area contributed by atoms with Gasteiger partial charge in [0.25, 0.3) is 11.8 Å². The zero-order valence-electron chi connectivity index (χ0n) is 39.7. The van der Waals surface area contributed by atoms with Gasteiger partial charge >= 0.3 is 0 Å². The van der Waals surface area contributed by atoms with Crippen LogP contribution >= 0.6 is 0 Å². The summed E-state index contributed by atoms with van der Waals surface area (Å²) in [4.78, 5) is 29.3. The molecular weight excluding hydrogens is 871 g/mol. The van der Waals surface area contributed by atoms with Crippen LogP contribution in [0, 0.1) is 36.5 Å². The van der Waals surface area contributed by atoms with E-state index in [4.69, 9.17) is 23.5 Å². The summed E-state index contributed by atoms with van der Waals surface area (Å²) in [6.45, 7) is 14.5. The lowest BCUT2D eigenvalue weighted by Crippen LogP contribution is -2.50. The minimum atomic E-state index is -0.715. The van der Waals surface area contributed by atoms with Crippen molar-refractivity contribution in [1.82, 2.24) is 60.5 Å². The lowest BCUT2D eigenvalue weighted by molar-refractivity contribution is 0.142. The quantitative estimate of drug-likeness (QED) is 0.104. The lowest BCUT2D eigenvalue weighted by atomic mass is 9.90. The first kappa shape index (κ1) is 47.2. The van der Waals surface area contributed by atoms with Crippen LogP contribution in [0.1, 0.15) is 54.8 Å². The lowest BCUT2D eigenvalue weighted by Gasteiger charge is -2.27. The highest BCUT2D eigenvalue weighted by atomic mass is 16.5. The van der Waals surface area contributed by atoms with Gasteiger partial charge in [0, 0.05) is 70.8 Å². The van der Waals surface area contributed by atoms with Crippen molar-refractivity contribution in [2.45, 2.75) is 58.5 Å². The van der Waals surface area contributed by atoms with Crippen LogP contribution < -0.4 is 15.4 Å². The molecule has 18 nitrogen and oxygen atoms in total. The van der Waals surface area contributed by atoms with Gasteiger partial charge in [-0.2, -0.15) is 10.5 Å². The first-order valence-electron chi connectivity index (χ1n) is 22.3. The van der Waals surface area contributed by atoms with Gasteiger partial charge in [-0.15, -0.1) is 20.4 Å². The van der Waals surface area contributed by atoms with Crippen molar-refractivity contribution in [3.05, 3.63) is 120 Å². The summed E-state index contributed by atoms with van der Waals surface area (Å²) in [5.74, 6) is 2.19. The Labute approximate surface area is 404 Å². The smallest absolute Gasteiger partial charge is 0.268 e. The Bertz CT molecular complexity index is 3160. The first-order chi connectivity index (χ1) is 33.2. The number of nitriles is 2. The monoisotopic (exact) mass is 927 g/mol. The van der Waals surface area contributed by atoms with E-state index < -0.39 is 10.8 Å². The van der Waals surface area contributed by atoms with Crippen LogP contribution in [-0.2, 0) is 10.8 Å².